The number of hydrogen-bond acceptors (Lipinski definition) is 3. The van der Waals surface area contributed by atoms with Gasteiger partial charge in [-0.3, -0.25) is 9.80 Å². The molecule has 1 aliphatic rings. The van der Waals surface area contributed by atoms with E-state index in [1.54, 1.807) is 0 Å². The molecular weight excluding hydrogens is 174 g/mol. The van der Waals surface area contributed by atoms with Gasteiger partial charge in [-0.25, -0.2) is 0 Å². The lowest BCUT2D eigenvalue weighted by Crippen LogP contribution is -2.54. The van der Waals surface area contributed by atoms with Gasteiger partial charge in [-0.05, 0) is 33.4 Å². The third-order valence-corrected chi connectivity index (χ3v) is 3.41. The molecule has 1 heterocycles. The van der Waals surface area contributed by atoms with Crippen LogP contribution in [0.15, 0.2) is 0 Å². The molecule has 1 fully saturated rings. The molecule has 0 aromatic rings. The standard InChI is InChI=1S/C11H25N3/c1-4-13-7-8-14(9-11(13)3)10(2)5-6-12/h10-11H,4-9,12H2,1-3H3. The Bertz CT molecular complexity index is 161. The van der Waals surface area contributed by atoms with Gasteiger partial charge >= 0.3 is 0 Å². The zero-order chi connectivity index (χ0) is 10.6. The summed E-state index contributed by atoms with van der Waals surface area (Å²) in [4.78, 5) is 5.12. The fraction of sp³-hybridized carbons (Fsp3) is 1.00. The van der Waals surface area contributed by atoms with Crippen molar-refractivity contribution >= 4 is 0 Å². The highest BCUT2D eigenvalue weighted by Gasteiger charge is 2.24. The molecule has 0 aliphatic carbocycles. The second kappa shape index (κ2) is 5.69. The first kappa shape index (κ1) is 12.0. The molecule has 2 atom stereocenters. The average Bonchev–Trinajstić information content (AvgIpc) is 2.18. The van der Waals surface area contributed by atoms with E-state index in [2.05, 4.69) is 30.6 Å². The molecule has 2 unspecified atom stereocenters. The van der Waals surface area contributed by atoms with Crippen LogP contribution in [0.2, 0.25) is 0 Å². The molecular formula is C11H25N3. The Kier molecular flexibility index (Phi) is 4.85. The second-order valence-corrected chi connectivity index (χ2v) is 4.40. The minimum Gasteiger partial charge on any atom is -0.330 e. The van der Waals surface area contributed by atoms with Crippen LogP contribution in [0.1, 0.15) is 27.2 Å². The molecule has 0 bridgehead atoms. The van der Waals surface area contributed by atoms with Crippen LogP contribution in [0.25, 0.3) is 0 Å². The van der Waals surface area contributed by atoms with Crippen molar-refractivity contribution in [3.05, 3.63) is 0 Å². The molecule has 0 saturated carbocycles. The van der Waals surface area contributed by atoms with Crippen molar-refractivity contribution < 1.29 is 0 Å². The van der Waals surface area contributed by atoms with E-state index in [0.29, 0.717) is 12.1 Å². The molecule has 1 rings (SSSR count). The first-order chi connectivity index (χ1) is 6.69. The van der Waals surface area contributed by atoms with Crippen molar-refractivity contribution in [1.82, 2.24) is 9.80 Å². The lowest BCUT2D eigenvalue weighted by molar-refractivity contribution is 0.0620. The summed E-state index contributed by atoms with van der Waals surface area (Å²) in [6, 6.07) is 1.36. The van der Waals surface area contributed by atoms with Gasteiger partial charge in [0.2, 0.25) is 0 Å². The van der Waals surface area contributed by atoms with Crippen LogP contribution in [-0.2, 0) is 0 Å². The van der Waals surface area contributed by atoms with E-state index in [0.717, 1.165) is 13.0 Å². The molecule has 1 saturated heterocycles. The summed E-state index contributed by atoms with van der Waals surface area (Å²) in [5.74, 6) is 0. The van der Waals surface area contributed by atoms with E-state index >= 15 is 0 Å². The first-order valence-electron chi connectivity index (χ1n) is 5.87. The highest BCUT2D eigenvalue weighted by Crippen LogP contribution is 2.13. The lowest BCUT2D eigenvalue weighted by Gasteiger charge is -2.42. The van der Waals surface area contributed by atoms with Crippen molar-refractivity contribution in [3.63, 3.8) is 0 Å². The van der Waals surface area contributed by atoms with Crippen molar-refractivity contribution in [2.24, 2.45) is 5.73 Å². The minimum absolute atomic E-state index is 0.654. The van der Waals surface area contributed by atoms with Crippen LogP contribution in [0, 0.1) is 0 Å². The number of hydrogen-bond donors (Lipinski definition) is 1. The minimum atomic E-state index is 0.654. The number of nitrogens with zero attached hydrogens (tertiary/aromatic N) is 2. The fourth-order valence-electron chi connectivity index (χ4n) is 2.32. The molecule has 1 aliphatic heterocycles. The summed E-state index contributed by atoms with van der Waals surface area (Å²) in [6.45, 7) is 12.5. The van der Waals surface area contributed by atoms with E-state index in [9.17, 15) is 0 Å². The lowest BCUT2D eigenvalue weighted by atomic mass is 10.1. The SMILES string of the molecule is CCN1CCN(C(C)CCN)CC1C. The Morgan fingerprint density at radius 3 is 2.64 bits per heavy atom. The van der Waals surface area contributed by atoms with E-state index < -0.39 is 0 Å². The molecule has 0 aromatic heterocycles. The van der Waals surface area contributed by atoms with E-state index in [-0.39, 0.29) is 0 Å². The van der Waals surface area contributed by atoms with Gasteiger partial charge in [-0.2, -0.15) is 0 Å². The molecule has 0 radical (unpaired) electrons. The topological polar surface area (TPSA) is 32.5 Å². The van der Waals surface area contributed by atoms with Crippen molar-refractivity contribution in [2.75, 3.05) is 32.7 Å². The van der Waals surface area contributed by atoms with Crippen LogP contribution >= 0.6 is 0 Å². The van der Waals surface area contributed by atoms with Crippen LogP contribution in [0.3, 0.4) is 0 Å². The Labute approximate surface area is 88.2 Å². The van der Waals surface area contributed by atoms with E-state index in [1.165, 1.54) is 26.2 Å². The van der Waals surface area contributed by atoms with Crippen LogP contribution in [0.5, 0.6) is 0 Å². The van der Waals surface area contributed by atoms with Gasteiger partial charge in [-0.15, -0.1) is 0 Å². The zero-order valence-electron chi connectivity index (χ0n) is 9.87. The number of piperazine rings is 1. The fourth-order valence-corrected chi connectivity index (χ4v) is 2.32. The summed E-state index contributed by atoms with van der Waals surface area (Å²) in [5, 5.41) is 0. The first-order valence-corrected chi connectivity index (χ1v) is 5.87. The smallest absolute Gasteiger partial charge is 0.0195 e. The van der Waals surface area contributed by atoms with Gasteiger partial charge < -0.3 is 5.73 Å². The highest BCUT2D eigenvalue weighted by molar-refractivity contribution is 4.81. The zero-order valence-corrected chi connectivity index (χ0v) is 9.87. The maximum Gasteiger partial charge on any atom is 0.0195 e. The summed E-state index contributed by atoms with van der Waals surface area (Å²) >= 11 is 0. The Hall–Kier alpha value is -0.120. The number of rotatable bonds is 4. The Morgan fingerprint density at radius 2 is 2.14 bits per heavy atom. The third kappa shape index (κ3) is 2.94. The van der Waals surface area contributed by atoms with Gasteiger partial charge in [0.25, 0.3) is 0 Å². The van der Waals surface area contributed by atoms with Crippen LogP contribution < -0.4 is 5.73 Å². The number of likely N-dealkylation sites (N-methyl/N-ethyl adjacent to an activating group) is 1. The van der Waals surface area contributed by atoms with Gasteiger partial charge in [-0.1, -0.05) is 6.92 Å². The van der Waals surface area contributed by atoms with Gasteiger partial charge in [0.1, 0.15) is 0 Å². The van der Waals surface area contributed by atoms with Crippen molar-refractivity contribution in [3.8, 4) is 0 Å². The molecule has 2 N–H and O–H groups in total. The van der Waals surface area contributed by atoms with Gasteiger partial charge in [0, 0.05) is 31.7 Å². The second-order valence-electron chi connectivity index (χ2n) is 4.40. The summed E-state index contributed by atoms with van der Waals surface area (Å²) < 4.78 is 0. The molecule has 0 aromatic carbocycles. The monoisotopic (exact) mass is 199 g/mol. The van der Waals surface area contributed by atoms with Crippen molar-refractivity contribution in [1.29, 1.82) is 0 Å². The Morgan fingerprint density at radius 1 is 1.43 bits per heavy atom. The normalized spacial score (nSPS) is 27.9. The predicted octanol–water partition coefficient (Wildman–Crippen LogP) is 0.750. The summed E-state index contributed by atoms with van der Waals surface area (Å²) in [6.07, 6.45) is 1.12. The molecule has 3 nitrogen and oxygen atoms in total. The number of nitrogens with two attached hydrogens (primary N) is 1. The van der Waals surface area contributed by atoms with Gasteiger partial charge in [0.05, 0.1) is 0 Å². The molecule has 0 spiro atoms. The summed E-state index contributed by atoms with van der Waals surface area (Å²) in [5.41, 5.74) is 5.59. The van der Waals surface area contributed by atoms with Crippen molar-refractivity contribution in [2.45, 2.75) is 39.3 Å². The molecule has 84 valence electrons. The Balaban J connectivity index is 2.37. The van der Waals surface area contributed by atoms with Gasteiger partial charge in [0.15, 0.2) is 0 Å². The average molecular weight is 199 g/mol. The van der Waals surface area contributed by atoms with E-state index in [4.69, 9.17) is 5.73 Å². The van der Waals surface area contributed by atoms with Crippen LogP contribution in [-0.4, -0.2) is 54.6 Å². The third-order valence-electron chi connectivity index (χ3n) is 3.41. The largest absolute Gasteiger partial charge is 0.330 e. The highest BCUT2D eigenvalue weighted by atomic mass is 15.3. The van der Waals surface area contributed by atoms with Crippen LogP contribution in [0.4, 0.5) is 0 Å². The summed E-state index contributed by atoms with van der Waals surface area (Å²) in [7, 11) is 0. The maximum absolute atomic E-state index is 5.59. The maximum atomic E-state index is 5.59. The molecule has 0 amide bonds. The molecule has 3 heteroatoms. The molecule has 14 heavy (non-hydrogen) atoms. The quantitative estimate of drug-likeness (QED) is 0.725. The predicted molar refractivity (Wildman–Crippen MR) is 61.4 cm³/mol. The van der Waals surface area contributed by atoms with E-state index in [1.807, 2.05) is 0 Å².